The van der Waals surface area contributed by atoms with Gasteiger partial charge in [0.25, 0.3) is 11.8 Å². The first-order valence-corrected chi connectivity index (χ1v) is 12.5. The Morgan fingerprint density at radius 1 is 0.912 bits per heavy atom. The van der Waals surface area contributed by atoms with E-state index in [0.29, 0.717) is 11.1 Å². The van der Waals surface area contributed by atoms with Crippen LogP contribution in [0, 0.1) is 0 Å². The first-order valence-electron chi connectivity index (χ1n) is 11.7. The number of imide groups is 1. The molecule has 34 heavy (non-hydrogen) atoms. The maximum absolute atomic E-state index is 13.1. The summed E-state index contributed by atoms with van der Waals surface area (Å²) in [5, 5.41) is 4.41. The fourth-order valence-corrected chi connectivity index (χ4v) is 5.54. The summed E-state index contributed by atoms with van der Waals surface area (Å²) in [6.45, 7) is 8.24. The van der Waals surface area contributed by atoms with Gasteiger partial charge in [-0.2, -0.15) is 0 Å². The van der Waals surface area contributed by atoms with E-state index in [1.165, 1.54) is 0 Å². The maximum atomic E-state index is 13.1. The number of benzene rings is 2. The highest BCUT2D eigenvalue weighted by molar-refractivity contribution is 9.10. The van der Waals surface area contributed by atoms with Crippen LogP contribution >= 0.6 is 15.9 Å². The zero-order valence-electron chi connectivity index (χ0n) is 19.3. The quantitative estimate of drug-likeness (QED) is 0.315. The highest BCUT2D eigenvalue weighted by Crippen LogP contribution is 2.39. The molecule has 1 aliphatic heterocycles. The molecule has 4 aromatic rings. The summed E-state index contributed by atoms with van der Waals surface area (Å²) >= 11 is 3.71. The van der Waals surface area contributed by atoms with Crippen LogP contribution in [0.1, 0.15) is 31.4 Å². The largest absolute Gasteiger partial charge is 0.361 e. The van der Waals surface area contributed by atoms with Crippen molar-refractivity contribution in [2.45, 2.75) is 26.8 Å². The van der Waals surface area contributed by atoms with Crippen LogP contribution in [0.2, 0.25) is 0 Å². The number of hydrogen-bond acceptors (Lipinski definition) is 3. The zero-order valence-corrected chi connectivity index (χ0v) is 20.9. The molecule has 0 saturated heterocycles. The van der Waals surface area contributed by atoms with Gasteiger partial charge in [0.05, 0.1) is 16.7 Å². The van der Waals surface area contributed by atoms with E-state index in [0.717, 1.165) is 70.0 Å². The first kappa shape index (κ1) is 22.6. The van der Waals surface area contributed by atoms with Gasteiger partial charge in [0, 0.05) is 50.8 Å². The molecule has 0 bridgehead atoms. The van der Waals surface area contributed by atoms with E-state index in [4.69, 9.17) is 0 Å². The van der Waals surface area contributed by atoms with E-state index in [2.05, 4.69) is 49.5 Å². The third kappa shape index (κ3) is 3.79. The number of H-pyrrole nitrogens is 1. The van der Waals surface area contributed by atoms with E-state index in [-0.39, 0.29) is 11.8 Å². The van der Waals surface area contributed by atoms with Crippen LogP contribution in [0.4, 0.5) is 0 Å². The number of halogens is 1. The molecule has 2 N–H and O–H groups in total. The average molecular weight is 519 g/mol. The second kappa shape index (κ2) is 9.24. The van der Waals surface area contributed by atoms with E-state index >= 15 is 0 Å². The highest BCUT2D eigenvalue weighted by atomic mass is 79.9. The van der Waals surface area contributed by atoms with Crippen molar-refractivity contribution >= 4 is 60.7 Å². The van der Waals surface area contributed by atoms with Gasteiger partial charge in [0.15, 0.2) is 0 Å². The molecule has 3 heterocycles. The average Bonchev–Trinajstić information content (AvgIpc) is 3.50. The number of aromatic nitrogens is 2. The van der Waals surface area contributed by atoms with Gasteiger partial charge in [-0.05, 0) is 54.1 Å². The number of amides is 2. The second-order valence-corrected chi connectivity index (χ2v) is 9.39. The summed E-state index contributed by atoms with van der Waals surface area (Å²) < 4.78 is 3.17. The number of para-hydroxylation sites is 2. The van der Waals surface area contributed by atoms with Gasteiger partial charge in [-0.1, -0.05) is 44.2 Å². The van der Waals surface area contributed by atoms with Crippen LogP contribution in [0.25, 0.3) is 33.0 Å². The number of aryl methyl sites for hydroxylation is 1. The maximum Gasteiger partial charge on any atom is 0.259 e. The molecule has 2 aromatic heterocycles. The molecule has 0 spiro atoms. The summed E-state index contributed by atoms with van der Waals surface area (Å²) in [7, 11) is 0. The number of nitrogens with one attached hydrogen (secondary N) is 2. The Kier molecular flexibility index (Phi) is 6.15. The lowest BCUT2D eigenvalue weighted by Crippen LogP contribution is -2.24. The minimum atomic E-state index is -0.359. The Balaban J connectivity index is 1.66. The number of fused-ring (bicyclic) bond motifs is 2. The fraction of sp³-hybridized carbons (Fsp3) is 0.259. The Morgan fingerprint density at radius 3 is 2.38 bits per heavy atom. The van der Waals surface area contributed by atoms with Gasteiger partial charge in [0.2, 0.25) is 0 Å². The number of carbonyl (C=O) groups is 2. The molecule has 0 atom stereocenters. The Hall–Kier alpha value is -3.16. The number of aromatic amines is 1. The first-order chi connectivity index (χ1) is 16.5. The number of nitrogens with zero attached hydrogens (tertiary/aromatic N) is 2. The normalized spacial score (nSPS) is 14.2. The van der Waals surface area contributed by atoms with Gasteiger partial charge in [-0.25, -0.2) is 0 Å². The molecular formula is C27H27BrN4O2. The molecular weight excluding hydrogens is 492 g/mol. The van der Waals surface area contributed by atoms with Gasteiger partial charge < -0.3 is 14.5 Å². The van der Waals surface area contributed by atoms with Crippen molar-refractivity contribution in [2.24, 2.45) is 0 Å². The Bertz CT molecular complexity index is 1440. The third-order valence-electron chi connectivity index (χ3n) is 6.68. The molecule has 0 aliphatic carbocycles. The van der Waals surface area contributed by atoms with Gasteiger partial charge in [0.1, 0.15) is 0 Å². The molecule has 1 aliphatic rings. The molecule has 5 rings (SSSR count). The monoisotopic (exact) mass is 518 g/mol. The summed E-state index contributed by atoms with van der Waals surface area (Å²) in [5.74, 6) is -0.713. The van der Waals surface area contributed by atoms with Gasteiger partial charge in [-0.3, -0.25) is 14.9 Å². The number of rotatable bonds is 8. The van der Waals surface area contributed by atoms with Crippen molar-refractivity contribution in [2.75, 3.05) is 19.6 Å². The van der Waals surface area contributed by atoms with Crippen molar-refractivity contribution < 1.29 is 9.59 Å². The molecule has 2 aromatic carbocycles. The molecule has 2 amide bonds. The van der Waals surface area contributed by atoms with Crippen molar-refractivity contribution in [3.05, 3.63) is 70.5 Å². The van der Waals surface area contributed by atoms with Crippen LogP contribution in [0.5, 0.6) is 0 Å². The van der Waals surface area contributed by atoms with Crippen molar-refractivity contribution in [1.82, 2.24) is 19.8 Å². The zero-order chi connectivity index (χ0) is 23.8. The van der Waals surface area contributed by atoms with Crippen molar-refractivity contribution in [3.63, 3.8) is 0 Å². The van der Waals surface area contributed by atoms with Crippen molar-refractivity contribution in [3.8, 4) is 0 Å². The second-order valence-electron chi connectivity index (χ2n) is 8.53. The Labute approximate surface area is 206 Å². The molecule has 7 heteroatoms. The fourth-order valence-electron chi connectivity index (χ4n) is 4.94. The predicted octanol–water partition coefficient (Wildman–Crippen LogP) is 5.18. The van der Waals surface area contributed by atoms with Crippen LogP contribution < -0.4 is 5.32 Å². The third-order valence-corrected chi connectivity index (χ3v) is 7.32. The lowest BCUT2D eigenvalue weighted by atomic mass is 9.95. The van der Waals surface area contributed by atoms with Crippen LogP contribution in [-0.4, -0.2) is 45.9 Å². The summed E-state index contributed by atoms with van der Waals surface area (Å²) in [4.78, 5) is 31.8. The lowest BCUT2D eigenvalue weighted by molar-refractivity contribution is -0.122. The van der Waals surface area contributed by atoms with Crippen LogP contribution in [0.3, 0.4) is 0 Å². The topological polar surface area (TPSA) is 70.1 Å². The molecule has 0 radical (unpaired) electrons. The molecule has 6 nitrogen and oxygen atoms in total. The summed E-state index contributed by atoms with van der Waals surface area (Å²) in [6.07, 6.45) is 4.84. The molecule has 0 saturated carbocycles. The smallest absolute Gasteiger partial charge is 0.259 e. The standard InChI is InChI=1S/C27H27BrN4O2/c1-3-31(4-2)13-8-14-32-16-20(18-10-7-11-21(28)25(18)32)24-23(26(33)30-27(24)34)19-15-29-22-12-6-5-9-17(19)22/h5-7,9-12,15-16,29H,3-4,8,13-14H2,1-2H3,(H,30,33,34). The number of carbonyl (C=O) groups excluding carboxylic acids is 2. The van der Waals surface area contributed by atoms with Crippen molar-refractivity contribution in [1.29, 1.82) is 0 Å². The lowest BCUT2D eigenvalue weighted by Gasteiger charge is -2.18. The highest BCUT2D eigenvalue weighted by Gasteiger charge is 2.35. The molecule has 174 valence electrons. The minimum absolute atomic E-state index is 0.354. The molecule has 0 unspecified atom stereocenters. The van der Waals surface area contributed by atoms with E-state index in [1.54, 1.807) is 0 Å². The summed E-state index contributed by atoms with van der Waals surface area (Å²) in [5.41, 5.74) is 4.34. The number of hydrogen-bond donors (Lipinski definition) is 2. The van der Waals surface area contributed by atoms with E-state index in [9.17, 15) is 9.59 Å². The predicted molar refractivity (Wildman–Crippen MR) is 140 cm³/mol. The summed E-state index contributed by atoms with van der Waals surface area (Å²) in [6, 6.07) is 13.8. The van der Waals surface area contributed by atoms with Gasteiger partial charge >= 0.3 is 0 Å². The van der Waals surface area contributed by atoms with Crippen LogP contribution in [-0.2, 0) is 16.1 Å². The Morgan fingerprint density at radius 2 is 1.62 bits per heavy atom. The minimum Gasteiger partial charge on any atom is -0.361 e. The van der Waals surface area contributed by atoms with Gasteiger partial charge in [-0.15, -0.1) is 0 Å². The molecule has 0 fully saturated rings. The van der Waals surface area contributed by atoms with E-state index in [1.807, 2.05) is 54.9 Å². The SMILES string of the molecule is CCN(CC)CCCn1cc(C2=C(c3c[nH]c4ccccc34)C(=O)NC2=O)c2cccc(Br)c21. The van der Waals surface area contributed by atoms with Crippen LogP contribution in [0.15, 0.2) is 59.3 Å². The van der Waals surface area contributed by atoms with E-state index < -0.39 is 0 Å².